The molecule has 1 heteroatoms. The lowest BCUT2D eigenvalue weighted by Gasteiger charge is -2.15. The van der Waals surface area contributed by atoms with Gasteiger partial charge in [-0.05, 0) is 37.8 Å². The molecule has 0 fully saturated rings. The van der Waals surface area contributed by atoms with Crippen LogP contribution in [0.2, 0.25) is 0 Å². The SMILES string of the molecule is CCCC(CCN)c1ccc(C)cc1. The van der Waals surface area contributed by atoms with Crippen molar-refractivity contribution in [3.8, 4) is 0 Å². The molecule has 0 aliphatic carbocycles. The van der Waals surface area contributed by atoms with Crippen LogP contribution >= 0.6 is 0 Å². The maximum atomic E-state index is 5.63. The number of rotatable bonds is 5. The molecule has 0 bridgehead atoms. The zero-order valence-electron chi connectivity index (χ0n) is 9.29. The molecule has 0 aliphatic heterocycles. The van der Waals surface area contributed by atoms with Crippen molar-refractivity contribution < 1.29 is 0 Å². The van der Waals surface area contributed by atoms with Gasteiger partial charge >= 0.3 is 0 Å². The molecule has 2 N–H and O–H groups in total. The van der Waals surface area contributed by atoms with Crippen molar-refractivity contribution in [2.75, 3.05) is 6.54 Å². The first-order chi connectivity index (χ1) is 6.77. The molecule has 1 aromatic rings. The minimum Gasteiger partial charge on any atom is -0.330 e. The largest absolute Gasteiger partial charge is 0.330 e. The smallest absolute Gasteiger partial charge is 0.00714 e. The second kappa shape index (κ2) is 5.82. The Kier molecular flexibility index (Phi) is 4.68. The van der Waals surface area contributed by atoms with E-state index in [1.54, 1.807) is 0 Å². The van der Waals surface area contributed by atoms with E-state index in [-0.39, 0.29) is 0 Å². The molecule has 0 spiro atoms. The van der Waals surface area contributed by atoms with Gasteiger partial charge in [0.15, 0.2) is 0 Å². The highest BCUT2D eigenvalue weighted by atomic mass is 14.5. The molecular weight excluding hydrogens is 170 g/mol. The van der Waals surface area contributed by atoms with Crippen LogP contribution in [-0.4, -0.2) is 6.54 Å². The van der Waals surface area contributed by atoms with Crippen LogP contribution < -0.4 is 5.73 Å². The first kappa shape index (κ1) is 11.3. The predicted molar refractivity (Wildman–Crippen MR) is 62.5 cm³/mol. The van der Waals surface area contributed by atoms with Crippen molar-refractivity contribution in [3.05, 3.63) is 35.4 Å². The second-order valence-electron chi connectivity index (χ2n) is 3.97. The third kappa shape index (κ3) is 3.15. The molecule has 0 heterocycles. The van der Waals surface area contributed by atoms with Crippen molar-refractivity contribution in [3.63, 3.8) is 0 Å². The zero-order chi connectivity index (χ0) is 10.4. The maximum absolute atomic E-state index is 5.63. The summed E-state index contributed by atoms with van der Waals surface area (Å²) in [6.45, 7) is 5.15. The molecule has 1 nitrogen and oxygen atoms in total. The molecule has 1 aromatic carbocycles. The lowest BCUT2D eigenvalue weighted by atomic mass is 9.91. The molecule has 1 atom stereocenters. The van der Waals surface area contributed by atoms with Crippen LogP contribution in [0.15, 0.2) is 24.3 Å². The maximum Gasteiger partial charge on any atom is -0.00714 e. The first-order valence-corrected chi connectivity index (χ1v) is 5.54. The highest BCUT2D eigenvalue weighted by Gasteiger charge is 2.08. The monoisotopic (exact) mass is 191 g/mol. The van der Waals surface area contributed by atoms with E-state index in [2.05, 4.69) is 38.1 Å². The van der Waals surface area contributed by atoms with E-state index in [1.165, 1.54) is 24.0 Å². The van der Waals surface area contributed by atoms with Crippen LogP contribution in [-0.2, 0) is 0 Å². The number of hydrogen-bond acceptors (Lipinski definition) is 1. The fourth-order valence-electron chi connectivity index (χ4n) is 1.87. The fraction of sp³-hybridized carbons (Fsp3) is 0.538. The number of hydrogen-bond donors (Lipinski definition) is 1. The van der Waals surface area contributed by atoms with E-state index in [4.69, 9.17) is 5.73 Å². The summed E-state index contributed by atoms with van der Waals surface area (Å²) in [5, 5.41) is 0. The summed E-state index contributed by atoms with van der Waals surface area (Å²) in [4.78, 5) is 0. The van der Waals surface area contributed by atoms with Crippen molar-refractivity contribution in [2.45, 2.75) is 39.0 Å². The lowest BCUT2D eigenvalue weighted by Crippen LogP contribution is -2.07. The second-order valence-corrected chi connectivity index (χ2v) is 3.97. The van der Waals surface area contributed by atoms with Gasteiger partial charge in [0.1, 0.15) is 0 Å². The summed E-state index contributed by atoms with van der Waals surface area (Å²) in [5.41, 5.74) is 8.40. The van der Waals surface area contributed by atoms with Gasteiger partial charge in [-0.2, -0.15) is 0 Å². The van der Waals surface area contributed by atoms with Crippen LogP contribution in [0.3, 0.4) is 0 Å². The predicted octanol–water partition coefficient (Wildman–Crippen LogP) is 3.23. The van der Waals surface area contributed by atoms with Gasteiger partial charge in [0.05, 0.1) is 0 Å². The third-order valence-corrected chi connectivity index (χ3v) is 2.70. The van der Waals surface area contributed by atoms with E-state index >= 15 is 0 Å². The Morgan fingerprint density at radius 2 is 1.79 bits per heavy atom. The summed E-state index contributed by atoms with van der Waals surface area (Å²) in [6, 6.07) is 8.86. The summed E-state index contributed by atoms with van der Waals surface area (Å²) in [7, 11) is 0. The fourth-order valence-corrected chi connectivity index (χ4v) is 1.87. The van der Waals surface area contributed by atoms with Gasteiger partial charge in [0.25, 0.3) is 0 Å². The molecule has 1 unspecified atom stereocenters. The Hall–Kier alpha value is -0.820. The van der Waals surface area contributed by atoms with Crippen molar-refractivity contribution in [1.82, 2.24) is 0 Å². The highest BCUT2D eigenvalue weighted by molar-refractivity contribution is 5.24. The molecule has 0 aliphatic rings. The zero-order valence-corrected chi connectivity index (χ0v) is 9.29. The third-order valence-electron chi connectivity index (χ3n) is 2.70. The van der Waals surface area contributed by atoms with Gasteiger partial charge in [-0.15, -0.1) is 0 Å². The van der Waals surface area contributed by atoms with E-state index in [0.29, 0.717) is 5.92 Å². The number of aryl methyl sites for hydroxylation is 1. The summed E-state index contributed by atoms with van der Waals surface area (Å²) in [5.74, 6) is 0.658. The van der Waals surface area contributed by atoms with E-state index in [9.17, 15) is 0 Å². The van der Waals surface area contributed by atoms with Crippen LogP contribution in [0.25, 0.3) is 0 Å². The topological polar surface area (TPSA) is 26.0 Å². The Labute approximate surface area is 87.3 Å². The van der Waals surface area contributed by atoms with E-state index in [0.717, 1.165) is 13.0 Å². The average molecular weight is 191 g/mol. The molecule has 0 aromatic heterocycles. The summed E-state index contributed by atoms with van der Waals surface area (Å²) in [6.07, 6.45) is 3.59. The van der Waals surface area contributed by atoms with Gasteiger partial charge in [0, 0.05) is 0 Å². The average Bonchev–Trinajstić information content (AvgIpc) is 2.19. The molecule has 0 amide bonds. The van der Waals surface area contributed by atoms with Gasteiger partial charge in [-0.25, -0.2) is 0 Å². The molecule has 0 saturated carbocycles. The van der Waals surface area contributed by atoms with Gasteiger partial charge in [0.2, 0.25) is 0 Å². The normalized spacial score (nSPS) is 12.8. The van der Waals surface area contributed by atoms with Crippen LogP contribution in [0.1, 0.15) is 43.2 Å². The minimum absolute atomic E-state index is 0.658. The first-order valence-electron chi connectivity index (χ1n) is 5.54. The van der Waals surface area contributed by atoms with E-state index in [1.807, 2.05) is 0 Å². The number of nitrogens with two attached hydrogens (primary N) is 1. The van der Waals surface area contributed by atoms with Gasteiger partial charge in [-0.3, -0.25) is 0 Å². The summed E-state index contributed by atoms with van der Waals surface area (Å²) >= 11 is 0. The Bertz CT molecular complexity index is 244. The summed E-state index contributed by atoms with van der Waals surface area (Å²) < 4.78 is 0. The Balaban J connectivity index is 2.71. The molecular formula is C13H21N. The molecule has 1 rings (SSSR count). The standard InChI is InChI=1S/C13H21N/c1-3-4-12(9-10-14)13-7-5-11(2)6-8-13/h5-8,12H,3-4,9-10,14H2,1-2H3. The molecule has 78 valence electrons. The Morgan fingerprint density at radius 1 is 1.14 bits per heavy atom. The minimum atomic E-state index is 0.658. The van der Waals surface area contributed by atoms with Gasteiger partial charge in [-0.1, -0.05) is 43.2 Å². The van der Waals surface area contributed by atoms with Crippen molar-refractivity contribution in [2.24, 2.45) is 5.73 Å². The highest BCUT2D eigenvalue weighted by Crippen LogP contribution is 2.24. The van der Waals surface area contributed by atoms with Crippen molar-refractivity contribution in [1.29, 1.82) is 0 Å². The molecule has 14 heavy (non-hydrogen) atoms. The van der Waals surface area contributed by atoms with Gasteiger partial charge < -0.3 is 5.73 Å². The quantitative estimate of drug-likeness (QED) is 0.759. The van der Waals surface area contributed by atoms with E-state index < -0.39 is 0 Å². The lowest BCUT2D eigenvalue weighted by molar-refractivity contribution is 0.575. The number of benzene rings is 1. The van der Waals surface area contributed by atoms with Crippen molar-refractivity contribution >= 4 is 0 Å². The van der Waals surface area contributed by atoms with Crippen LogP contribution in [0.5, 0.6) is 0 Å². The Morgan fingerprint density at radius 3 is 2.29 bits per heavy atom. The molecule has 0 radical (unpaired) electrons. The van der Waals surface area contributed by atoms with Crippen LogP contribution in [0.4, 0.5) is 0 Å². The molecule has 0 saturated heterocycles. The van der Waals surface area contributed by atoms with Crippen LogP contribution in [0, 0.1) is 6.92 Å².